The molecular weight excluding hydrogens is 703 g/mol. The summed E-state index contributed by atoms with van der Waals surface area (Å²) in [5.41, 5.74) is 10.6. The molecule has 0 saturated carbocycles. The van der Waals surface area contributed by atoms with Crippen molar-refractivity contribution in [2.45, 2.75) is 0 Å². The second kappa shape index (κ2) is 13.1. The zero-order chi connectivity index (χ0) is 36.3. The van der Waals surface area contributed by atoms with E-state index in [1.165, 1.54) is 84.5 Å². The Morgan fingerprint density at radius 1 is 0.309 bits per heavy atom. The standard InChI is InChI=1S/C52H33NS2/c1-2-12-36-31-39(24-23-34(36)11-1)42-15-3-6-19-47(42)53(40-28-25-35(26-29-40)43-18-10-22-50-52(43)46-17-5-8-21-49(46)54-50)41-14-9-13-37(32-41)38-27-30-45-44-16-4-7-20-48(44)55-51(45)33-38/h1-33H. The second-order valence-electron chi connectivity index (χ2n) is 14.1. The average Bonchev–Trinajstić information content (AvgIpc) is 3.82. The maximum Gasteiger partial charge on any atom is 0.0540 e. The fraction of sp³-hybridized carbons (Fsp3) is 0. The number of hydrogen-bond donors (Lipinski definition) is 0. The van der Waals surface area contributed by atoms with Crippen LogP contribution in [0.15, 0.2) is 200 Å². The largest absolute Gasteiger partial charge is 0.310 e. The van der Waals surface area contributed by atoms with Gasteiger partial charge in [0.2, 0.25) is 0 Å². The summed E-state index contributed by atoms with van der Waals surface area (Å²) in [5.74, 6) is 0. The Bertz CT molecular complexity index is 3220. The molecule has 11 aromatic rings. The quantitative estimate of drug-likeness (QED) is 0.164. The van der Waals surface area contributed by atoms with Gasteiger partial charge in [0, 0.05) is 57.3 Å². The fourth-order valence-corrected chi connectivity index (χ4v) is 10.5. The van der Waals surface area contributed by atoms with Crippen LogP contribution >= 0.6 is 22.7 Å². The van der Waals surface area contributed by atoms with Gasteiger partial charge in [0.05, 0.1) is 5.69 Å². The van der Waals surface area contributed by atoms with Gasteiger partial charge in [-0.25, -0.2) is 0 Å². The molecule has 3 heteroatoms. The normalized spacial score (nSPS) is 11.6. The van der Waals surface area contributed by atoms with Crippen LogP contribution in [0.4, 0.5) is 17.1 Å². The first kappa shape index (κ1) is 32.0. The van der Waals surface area contributed by atoms with E-state index >= 15 is 0 Å². The minimum absolute atomic E-state index is 1.11. The van der Waals surface area contributed by atoms with Crippen molar-refractivity contribution in [2.24, 2.45) is 0 Å². The lowest BCUT2D eigenvalue weighted by atomic mass is 9.97. The molecule has 9 aromatic carbocycles. The SMILES string of the molecule is c1cc(-c2ccc3c(c2)sc2ccccc23)cc(N(c2ccc(-c3cccc4sc5ccccc5c34)cc2)c2ccccc2-c2ccc3ccccc3c2)c1. The van der Waals surface area contributed by atoms with Crippen molar-refractivity contribution < 1.29 is 0 Å². The van der Waals surface area contributed by atoms with Crippen molar-refractivity contribution in [3.8, 4) is 33.4 Å². The maximum absolute atomic E-state index is 2.43. The van der Waals surface area contributed by atoms with Crippen LogP contribution in [0.1, 0.15) is 0 Å². The molecule has 258 valence electrons. The molecule has 2 aromatic heterocycles. The van der Waals surface area contributed by atoms with Gasteiger partial charge < -0.3 is 4.90 Å². The third-order valence-electron chi connectivity index (χ3n) is 10.9. The molecule has 2 heterocycles. The van der Waals surface area contributed by atoms with Gasteiger partial charge in [0.15, 0.2) is 0 Å². The molecule has 0 unspecified atom stereocenters. The highest BCUT2D eigenvalue weighted by Gasteiger charge is 2.19. The van der Waals surface area contributed by atoms with E-state index in [4.69, 9.17) is 0 Å². The molecule has 0 aliphatic heterocycles. The zero-order valence-corrected chi connectivity index (χ0v) is 31.4. The number of thiophene rings is 2. The van der Waals surface area contributed by atoms with Gasteiger partial charge in [-0.3, -0.25) is 0 Å². The summed E-state index contributed by atoms with van der Waals surface area (Å²) in [6.45, 7) is 0. The van der Waals surface area contributed by atoms with Crippen LogP contribution in [0.3, 0.4) is 0 Å². The van der Waals surface area contributed by atoms with E-state index in [9.17, 15) is 0 Å². The highest BCUT2D eigenvalue weighted by molar-refractivity contribution is 7.26. The van der Waals surface area contributed by atoms with Crippen LogP contribution in [0.5, 0.6) is 0 Å². The van der Waals surface area contributed by atoms with Gasteiger partial charge in [-0.15, -0.1) is 22.7 Å². The molecule has 0 atom stereocenters. The monoisotopic (exact) mass is 735 g/mol. The Morgan fingerprint density at radius 2 is 0.927 bits per heavy atom. The molecule has 0 fully saturated rings. The van der Waals surface area contributed by atoms with E-state index in [0.29, 0.717) is 0 Å². The summed E-state index contributed by atoms with van der Waals surface area (Å²) in [5, 5.41) is 7.77. The van der Waals surface area contributed by atoms with E-state index in [-0.39, 0.29) is 0 Å². The molecule has 0 saturated heterocycles. The number of fused-ring (bicyclic) bond motifs is 7. The maximum atomic E-state index is 2.43. The van der Waals surface area contributed by atoms with Crippen molar-refractivity contribution in [3.63, 3.8) is 0 Å². The highest BCUT2D eigenvalue weighted by Crippen LogP contribution is 2.45. The number of anilines is 3. The van der Waals surface area contributed by atoms with Crippen molar-refractivity contribution in [1.29, 1.82) is 0 Å². The molecule has 0 aliphatic rings. The summed E-state index contributed by atoms with van der Waals surface area (Å²) < 4.78 is 5.28. The number of benzene rings is 9. The third kappa shape index (κ3) is 5.51. The minimum Gasteiger partial charge on any atom is -0.310 e. The summed E-state index contributed by atoms with van der Waals surface area (Å²) in [6, 6.07) is 73.5. The molecular formula is C52H33NS2. The van der Waals surface area contributed by atoms with Crippen molar-refractivity contribution in [2.75, 3.05) is 4.90 Å². The van der Waals surface area contributed by atoms with E-state index in [2.05, 4.69) is 205 Å². The lowest BCUT2D eigenvalue weighted by molar-refractivity contribution is 1.28. The van der Waals surface area contributed by atoms with E-state index in [0.717, 1.165) is 17.1 Å². The van der Waals surface area contributed by atoms with Gasteiger partial charge >= 0.3 is 0 Å². The molecule has 0 N–H and O–H groups in total. The van der Waals surface area contributed by atoms with E-state index in [1.54, 1.807) is 0 Å². The predicted octanol–water partition coefficient (Wildman–Crippen LogP) is 16.0. The Kier molecular flexibility index (Phi) is 7.61. The fourth-order valence-electron chi connectivity index (χ4n) is 8.23. The highest BCUT2D eigenvalue weighted by atomic mass is 32.1. The lowest BCUT2D eigenvalue weighted by Gasteiger charge is -2.28. The van der Waals surface area contributed by atoms with E-state index in [1.807, 2.05) is 22.7 Å². The number of hydrogen-bond acceptors (Lipinski definition) is 3. The van der Waals surface area contributed by atoms with Crippen LogP contribution < -0.4 is 4.90 Å². The summed E-state index contributed by atoms with van der Waals surface area (Å²) >= 11 is 3.73. The molecule has 0 aliphatic carbocycles. The van der Waals surface area contributed by atoms with Gasteiger partial charge in [0.25, 0.3) is 0 Å². The number of para-hydroxylation sites is 1. The minimum atomic E-state index is 1.11. The second-order valence-corrected chi connectivity index (χ2v) is 16.3. The average molecular weight is 736 g/mol. The first-order chi connectivity index (χ1) is 27.2. The Labute approximate surface area is 327 Å². The molecule has 0 radical (unpaired) electrons. The molecule has 0 amide bonds. The summed E-state index contributed by atoms with van der Waals surface area (Å²) in [4.78, 5) is 2.43. The smallest absolute Gasteiger partial charge is 0.0540 e. The third-order valence-corrected chi connectivity index (χ3v) is 13.1. The van der Waals surface area contributed by atoms with Gasteiger partial charge in [0.1, 0.15) is 0 Å². The van der Waals surface area contributed by atoms with E-state index < -0.39 is 0 Å². The van der Waals surface area contributed by atoms with Crippen molar-refractivity contribution in [3.05, 3.63) is 200 Å². The topological polar surface area (TPSA) is 3.24 Å². The molecule has 0 bridgehead atoms. The number of rotatable bonds is 6. The van der Waals surface area contributed by atoms with Gasteiger partial charge in [-0.1, -0.05) is 140 Å². The Hall–Kier alpha value is -6.52. The Balaban J connectivity index is 1.07. The van der Waals surface area contributed by atoms with Crippen LogP contribution in [0.2, 0.25) is 0 Å². The zero-order valence-electron chi connectivity index (χ0n) is 29.8. The van der Waals surface area contributed by atoms with Gasteiger partial charge in [-0.2, -0.15) is 0 Å². The van der Waals surface area contributed by atoms with Crippen LogP contribution in [-0.2, 0) is 0 Å². The summed E-state index contributed by atoms with van der Waals surface area (Å²) in [6.07, 6.45) is 0. The molecule has 0 spiro atoms. The lowest BCUT2D eigenvalue weighted by Crippen LogP contribution is -2.11. The van der Waals surface area contributed by atoms with Crippen LogP contribution in [0, 0.1) is 0 Å². The predicted molar refractivity (Wildman–Crippen MR) is 241 cm³/mol. The molecule has 1 nitrogen and oxygen atoms in total. The van der Waals surface area contributed by atoms with Crippen LogP contribution in [-0.4, -0.2) is 0 Å². The van der Waals surface area contributed by atoms with Crippen molar-refractivity contribution in [1.82, 2.24) is 0 Å². The first-order valence-corrected chi connectivity index (χ1v) is 20.3. The molecule has 11 rings (SSSR count). The van der Waals surface area contributed by atoms with Gasteiger partial charge in [-0.05, 0) is 99.3 Å². The number of nitrogens with zero attached hydrogens (tertiary/aromatic N) is 1. The molecule has 55 heavy (non-hydrogen) atoms. The summed E-state index contributed by atoms with van der Waals surface area (Å²) in [7, 11) is 0. The van der Waals surface area contributed by atoms with Crippen LogP contribution in [0.25, 0.3) is 84.5 Å². The van der Waals surface area contributed by atoms with Crippen molar-refractivity contribution >= 4 is 90.9 Å². The first-order valence-electron chi connectivity index (χ1n) is 18.7. The Morgan fingerprint density at radius 3 is 1.82 bits per heavy atom.